The second kappa shape index (κ2) is 5.73. The molecule has 0 aromatic carbocycles. The topological polar surface area (TPSA) is 46.6 Å². The van der Waals surface area contributed by atoms with Crippen LogP contribution in [0.15, 0.2) is 0 Å². The minimum atomic E-state index is -0.135. The van der Waals surface area contributed by atoms with E-state index in [1.165, 1.54) is 0 Å². The van der Waals surface area contributed by atoms with Crippen LogP contribution in [0.25, 0.3) is 0 Å². The van der Waals surface area contributed by atoms with Crippen molar-refractivity contribution in [3.8, 4) is 0 Å². The lowest BCUT2D eigenvalue weighted by molar-refractivity contribution is -0.145. The number of carbonyl (C=O) groups is 2. The van der Waals surface area contributed by atoms with E-state index in [0.717, 1.165) is 25.9 Å². The highest BCUT2D eigenvalue weighted by molar-refractivity contribution is 5.73. The van der Waals surface area contributed by atoms with Crippen molar-refractivity contribution in [2.45, 2.75) is 33.1 Å². The number of hydrogen-bond donors (Lipinski definition) is 0. The van der Waals surface area contributed by atoms with Crippen molar-refractivity contribution in [3.63, 3.8) is 0 Å². The molecule has 1 fully saturated rings. The number of nitrogens with zero attached hydrogens (tertiary/aromatic N) is 1. The number of rotatable bonds is 3. The Morgan fingerprint density at radius 1 is 1.33 bits per heavy atom. The van der Waals surface area contributed by atoms with Crippen LogP contribution in [0.2, 0.25) is 0 Å². The summed E-state index contributed by atoms with van der Waals surface area (Å²) in [6, 6.07) is 0. The molecule has 1 saturated heterocycles. The van der Waals surface area contributed by atoms with Gasteiger partial charge in [-0.3, -0.25) is 9.59 Å². The Labute approximate surface area is 90.6 Å². The smallest absolute Gasteiger partial charge is 0.305 e. The average Bonchev–Trinajstić information content (AvgIpc) is 2.26. The predicted molar refractivity (Wildman–Crippen MR) is 56.2 cm³/mol. The van der Waals surface area contributed by atoms with Crippen LogP contribution in [-0.4, -0.2) is 36.5 Å². The third-order valence-corrected chi connectivity index (χ3v) is 2.83. The summed E-state index contributed by atoms with van der Waals surface area (Å²) in [4.78, 5) is 23.8. The Bertz CT molecular complexity index is 232. The van der Waals surface area contributed by atoms with E-state index in [4.69, 9.17) is 4.74 Å². The van der Waals surface area contributed by atoms with Crippen LogP contribution >= 0.6 is 0 Å². The van der Waals surface area contributed by atoms with Crippen molar-refractivity contribution >= 4 is 11.9 Å². The van der Waals surface area contributed by atoms with E-state index in [1.54, 1.807) is 13.8 Å². The lowest BCUT2D eigenvalue weighted by Gasteiger charge is -2.30. The zero-order chi connectivity index (χ0) is 11.3. The molecule has 0 bridgehead atoms. The molecule has 0 spiro atoms. The van der Waals surface area contributed by atoms with E-state index >= 15 is 0 Å². The molecule has 86 valence electrons. The van der Waals surface area contributed by atoms with Gasteiger partial charge >= 0.3 is 5.97 Å². The fourth-order valence-electron chi connectivity index (χ4n) is 1.73. The summed E-state index contributed by atoms with van der Waals surface area (Å²) in [5.41, 5.74) is 0. The van der Waals surface area contributed by atoms with Crippen molar-refractivity contribution in [2.75, 3.05) is 19.7 Å². The molecule has 1 heterocycles. The standard InChI is InChI=1S/C11H19NO3/c1-3-11(14)15-8-10-4-6-12(7-5-10)9(2)13/h10H,3-8H2,1-2H3. The quantitative estimate of drug-likeness (QED) is 0.662. The van der Waals surface area contributed by atoms with Gasteiger partial charge in [0.25, 0.3) is 0 Å². The van der Waals surface area contributed by atoms with Gasteiger partial charge in [-0.15, -0.1) is 0 Å². The van der Waals surface area contributed by atoms with Crippen LogP contribution in [0.3, 0.4) is 0 Å². The maximum Gasteiger partial charge on any atom is 0.305 e. The lowest BCUT2D eigenvalue weighted by Crippen LogP contribution is -2.38. The number of hydrogen-bond acceptors (Lipinski definition) is 3. The summed E-state index contributed by atoms with van der Waals surface area (Å²) < 4.78 is 5.08. The number of ether oxygens (including phenoxy) is 1. The molecule has 15 heavy (non-hydrogen) atoms. The molecule has 0 aliphatic carbocycles. The van der Waals surface area contributed by atoms with Gasteiger partial charge in [-0.05, 0) is 18.8 Å². The maximum absolute atomic E-state index is 11.1. The number of piperidine rings is 1. The van der Waals surface area contributed by atoms with E-state index in [2.05, 4.69) is 0 Å². The molecule has 0 radical (unpaired) electrons. The van der Waals surface area contributed by atoms with Crippen LogP contribution in [0.5, 0.6) is 0 Å². The van der Waals surface area contributed by atoms with Crippen LogP contribution < -0.4 is 0 Å². The number of carbonyl (C=O) groups excluding carboxylic acids is 2. The van der Waals surface area contributed by atoms with Crippen LogP contribution in [0.1, 0.15) is 33.1 Å². The predicted octanol–water partition coefficient (Wildman–Crippen LogP) is 1.20. The fourth-order valence-corrected chi connectivity index (χ4v) is 1.73. The van der Waals surface area contributed by atoms with Crippen molar-refractivity contribution < 1.29 is 14.3 Å². The largest absolute Gasteiger partial charge is 0.465 e. The average molecular weight is 213 g/mol. The molecule has 1 amide bonds. The van der Waals surface area contributed by atoms with Gasteiger partial charge in [-0.1, -0.05) is 6.92 Å². The van der Waals surface area contributed by atoms with Gasteiger partial charge in [0.15, 0.2) is 0 Å². The monoisotopic (exact) mass is 213 g/mol. The van der Waals surface area contributed by atoms with Crippen LogP contribution in [-0.2, 0) is 14.3 Å². The maximum atomic E-state index is 11.1. The summed E-state index contributed by atoms with van der Waals surface area (Å²) in [5, 5.41) is 0. The van der Waals surface area contributed by atoms with E-state index in [9.17, 15) is 9.59 Å². The van der Waals surface area contributed by atoms with Crippen LogP contribution in [0.4, 0.5) is 0 Å². The first-order chi connectivity index (χ1) is 7.13. The summed E-state index contributed by atoms with van der Waals surface area (Å²) in [7, 11) is 0. The lowest BCUT2D eigenvalue weighted by atomic mass is 9.98. The molecular weight excluding hydrogens is 194 g/mol. The highest BCUT2D eigenvalue weighted by Gasteiger charge is 2.21. The van der Waals surface area contributed by atoms with Gasteiger partial charge in [0, 0.05) is 26.4 Å². The SMILES string of the molecule is CCC(=O)OCC1CCN(C(C)=O)CC1. The second-order valence-corrected chi connectivity index (χ2v) is 3.99. The molecule has 1 rings (SSSR count). The first-order valence-electron chi connectivity index (χ1n) is 5.54. The fraction of sp³-hybridized carbons (Fsp3) is 0.818. The van der Waals surface area contributed by atoms with E-state index in [0.29, 0.717) is 18.9 Å². The Kier molecular flexibility index (Phi) is 4.59. The van der Waals surface area contributed by atoms with E-state index in [1.807, 2.05) is 4.90 Å². The molecule has 1 aliphatic rings. The minimum Gasteiger partial charge on any atom is -0.465 e. The molecule has 0 saturated carbocycles. The van der Waals surface area contributed by atoms with Gasteiger partial charge in [0.2, 0.25) is 5.91 Å². The van der Waals surface area contributed by atoms with Crippen LogP contribution in [0, 0.1) is 5.92 Å². The zero-order valence-electron chi connectivity index (χ0n) is 9.49. The number of esters is 1. The molecule has 4 nitrogen and oxygen atoms in total. The minimum absolute atomic E-state index is 0.135. The van der Waals surface area contributed by atoms with Crippen molar-refractivity contribution in [3.05, 3.63) is 0 Å². The van der Waals surface area contributed by atoms with Crippen molar-refractivity contribution in [1.29, 1.82) is 0 Å². The molecule has 4 heteroatoms. The molecule has 0 unspecified atom stereocenters. The zero-order valence-corrected chi connectivity index (χ0v) is 9.49. The molecule has 0 aromatic rings. The summed E-state index contributed by atoms with van der Waals surface area (Å²) >= 11 is 0. The van der Waals surface area contributed by atoms with E-state index in [-0.39, 0.29) is 11.9 Å². The highest BCUT2D eigenvalue weighted by atomic mass is 16.5. The molecule has 1 aliphatic heterocycles. The third-order valence-electron chi connectivity index (χ3n) is 2.83. The number of amides is 1. The van der Waals surface area contributed by atoms with Crippen molar-refractivity contribution in [2.24, 2.45) is 5.92 Å². The molecular formula is C11H19NO3. The van der Waals surface area contributed by atoms with Gasteiger partial charge in [-0.25, -0.2) is 0 Å². The first-order valence-corrected chi connectivity index (χ1v) is 5.54. The highest BCUT2D eigenvalue weighted by Crippen LogP contribution is 2.17. The normalized spacial score (nSPS) is 17.6. The summed E-state index contributed by atoms with van der Waals surface area (Å²) in [6.07, 6.45) is 2.32. The van der Waals surface area contributed by atoms with E-state index < -0.39 is 0 Å². The molecule has 0 atom stereocenters. The Hall–Kier alpha value is -1.06. The van der Waals surface area contributed by atoms with Gasteiger partial charge < -0.3 is 9.64 Å². The van der Waals surface area contributed by atoms with Gasteiger partial charge in [0.05, 0.1) is 6.61 Å². The third kappa shape index (κ3) is 3.90. The summed E-state index contributed by atoms with van der Waals surface area (Å²) in [6.45, 7) is 5.49. The first kappa shape index (κ1) is 12.0. The molecule has 0 N–H and O–H groups in total. The van der Waals surface area contributed by atoms with Crippen molar-refractivity contribution in [1.82, 2.24) is 4.90 Å². The molecule has 0 aromatic heterocycles. The second-order valence-electron chi connectivity index (χ2n) is 3.99. The Balaban J connectivity index is 2.20. The summed E-state index contributed by atoms with van der Waals surface area (Å²) in [5.74, 6) is 0.430. The Morgan fingerprint density at radius 3 is 2.40 bits per heavy atom. The Morgan fingerprint density at radius 2 is 1.93 bits per heavy atom. The van der Waals surface area contributed by atoms with Gasteiger partial charge in [-0.2, -0.15) is 0 Å². The number of likely N-dealkylation sites (tertiary alicyclic amines) is 1. The van der Waals surface area contributed by atoms with Gasteiger partial charge in [0.1, 0.15) is 0 Å².